The molecule has 8 nitrogen and oxygen atoms in total. The zero-order valence-corrected chi connectivity index (χ0v) is 20.9. The standard InChI is InChI=1S/C23H24F5N3O5S/c1-12(20(2,24)25)35-16-5-4-14(37(3,33)34)8-15(16)17(32)31-10-13-9-21(13,11-31)18-29-19(36-30-18)22(6-7-22)23(26,27)28/h4-5,8,12-13H,6-7,9-11H2,1-3H3/t12-,13?,21?/m1/s1. The summed E-state index contributed by atoms with van der Waals surface area (Å²) in [4.78, 5) is 18.7. The fraction of sp³-hybridized carbons (Fsp3) is 0.609. The highest BCUT2D eigenvalue weighted by molar-refractivity contribution is 7.90. The Morgan fingerprint density at radius 1 is 1.24 bits per heavy atom. The van der Waals surface area contributed by atoms with E-state index in [1.54, 1.807) is 0 Å². The lowest BCUT2D eigenvalue weighted by molar-refractivity contribution is -0.166. The second-order valence-electron chi connectivity index (χ2n) is 10.4. The van der Waals surface area contributed by atoms with Crippen molar-refractivity contribution in [3.8, 4) is 5.75 Å². The average molecular weight is 550 g/mol. The Bertz CT molecular complexity index is 1370. The van der Waals surface area contributed by atoms with Gasteiger partial charge in [0.25, 0.3) is 11.8 Å². The maximum Gasteiger partial charge on any atom is 0.403 e. The van der Waals surface area contributed by atoms with E-state index in [9.17, 15) is 35.2 Å². The van der Waals surface area contributed by atoms with Crippen molar-refractivity contribution in [3.05, 3.63) is 35.5 Å². The molecule has 2 saturated carbocycles. The molecular weight excluding hydrogens is 525 g/mol. The van der Waals surface area contributed by atoms with E-state index in [2.05, 4.69) is 10.1 Å². The van der Waals surface area contributed by atoms with Crippen LogP contribution in [0.5, 0.6) is 5.75 Å². The topological polar surface area (TPSA) is 103 Å². The van der Waals surface area contributed by atoms with Crippen LogP contribution in [-0.2, 0) is 20.7 Å². The molecule has 1 amide bonds. The van der Waals surface area contributed by atoms with E-state index < -0.39 is 50.7 Å². The number of carbonyl (C=O) groups excluding carboxylic acids is 1. The van der Waals surface area contributed by atoms with Crippen LogP contribution in [0.1, 0.15) is 55.2 Å². The zero-order chi connectivity index (χ0) is 27.2. The minimum Gasteiger partial charge on any atom is -0.484 e. The summed E-state index contributed by atoms with van der Waals surface area (Å²) < 4.78 is 102. The molecule has 0 spiro atoms. The van der Waals surface area contributed by atoms with Crippen LogP contribution in [-0.4, -0.2) is 66.9 Å². The lowest BCUT2D eigenvalue weighted by atomic mass is 10.0. The summed E-state index contributed by atoms with van der Waals surface area (Å²) in [5, 5.41) is 3.82. The van der Waals surface area contributed by atoms with Gasteiger partial charge in [-0.05, 0) is 50.3 Å². The van der Waals surface area contributed by atoms with Crippen molar-refractivity contribution >= 4 is 15.7 Å². The number of benzene rings is 1. The molecule has 3 atom stereocenters. The second-order valence-corrected chi connectivity index (χ2v) is 12.4. The molecule has 14 heteroatoms. The number of nitrogens with zero attached hydrogens (tertiary/aromatic N) is 3. The largest absolute Gasteiger partial charge is 0.484 e. The predicted octanol–water partition coefficient (Wildman–Crippen LogP) is 3.90. The zero-order valence-electron chi connectivity index (χ0n) is 20.1. The molecule has 202 valence electrons. The molecule has 1 aliphatic heterocycles. The van der Waals surface area contributed by atoms with E-state index in [1.165, 1.54) is 11.0 Å². The smallest absolute Gasteiger partial charge is 0.403 e. The van der Waals surface area contributed by atoms with Gasteiger partial charge in [0.1, 0.15) is 11.2 Å². The first kappa shape index (κ1) is 25.9. The Morgan fingerprint density at radius 3 is 2.49 bits per heavy atom. The lowest BCUT2D eigenvalue weighted by Gasteiger charge is -2.25. The van der Waals surface area contributed by atoms with E-state index in [0.29, 0.717) is 13.3 Å². The molecule has 1 saturated heterocycles. The van der Waals surface area contributed by atoms with Crippen molar-refractivity contribution in [2.24, 2.45) is 5.92 Å². The molecule has 1 aromatic carbocycles. The monoisotopic (exact) mass is 549 g/mol. The van der Waals surface area contributed by atoms with E-state index in [0.717, 1.165) is 25.3 Å². The van der Waals surface area contributed by atoms with Gasteiger partial charge < -0.3 is 14.2 Å². The number of ether oxygens (including phenoxy) is 1. The van der Waals surface area contributed by atoms with E-state index >= 15 is 0 Å². The number of likely N-dealkylation sites (tertiary alicyclic amines) is 1. The van der Waals surface area contributed by atoms with Gasteiger partial charge in [0.2, 0.25) is 5.89 Å². The van der Waals surface area contributed by atoms with Gasteiger partial charge in [-0.3, -0.25) is 4.79 Å². The average Bonchev–Trinajstić information content (AvgIpc) is 3.63. The van der Waals surface area contributed by atoms with Crippen LogP contribution in [0.3, 0.4) is 0 Å². The normalized spacial score (nSPS) is 25.5. The number of amides is 1. The Labute approximate surface area is 209 Å². The molecule has 3 fully saturated rings. The number of hydrogen-bond acceptors (Lipinski definition) is 7. The van der Waals surface area contributed by atoms with Gasteiger partial charge in [0.15, 0.2) is 21.8 Å². The molecule has 1 aromatic heterocycles. The number of rotatable bonds is 7. The van der Waals surface area contributed by atoms with Crippen molar-refractivity contribution in [1.29, 1.82) is 0 Å². The summed E-state index contributed by atoms with van der Waals surface area (Å²) >= 11 is 0. The number of halogens is 5. The number of hydrogen-bond donors (Lipinski definition) is 0. The fourth-order valence-corrected chi connectivity index (χ4v) is 5.47. The Morgan fingerprint density at radius 2 is 1.92 bits per heavy atom. The molecule has 0 bridgehead atoms. The summed E-state index contributed by atoms with van der Waals surface area (Å²) in [6.07, 6.45) is -4.89. The van der Waals surface area contributed by atoms with Crippen molar-refractivity contribution < 1.29 is 44.4 Å². The number of aromatic nitrogens is 2. The molecular formula is C23H24F5N3O5S. The first-order valence-corrected chi connectivity index (χ1v) is 13.5. The summed E-state index contributed by atoms with van der Waals surface area (Å²) in [6, 6.07) is 3.41. The number of carbonyl (C=O) groups is 1. The Hall–Kier alpha value is -2.77. The van der Waals surface area contributed by atoms with Crippen LogP contribution >= 0.6 is 0 Å². The molecule has 5 rings (SSSR count). The van der Waals surface area contributed by atoms with E-state index in [1.807, 2.05) is 0 Å². The Balaban J connectivity index is 1.41. The van der Waals surface area contributed by atoms with Gasteiger partial charge >= 0.3 is 6.18 Å². The van der Waals surface area contributed by atoms with Gasteiger partial charge in [-0.25, -0.2) is 17.2 Å². The molecule has 37 heavy (non-hydrogen) atoms. The van der Waals surface area contributed by atoms with Crippen LogP contribution in [0.25, 0.3) is 0 Å². The van der Waals surface area contributed by atoms with Crippen molar-refractivity contribution in [2.75, 3.05) is 19.3 Å². The summed E-state index contributed by atoms with van der Waals surface area (Å²) in [6.45, 7) is 2.04. The van der Waals surface area contributed by atoms with E-state index in [-0.39, 0.29) is 53.9 Å². The van der Waals surface area contributed by atoms with Gasteiger partial charge in [0.05, 0.1) is 15.9 Å². The third kappa shape index (κ3) is 4.26. The van der Waals surface area contributed by atoms with Gasteiger partial charge in [-0.15, -0.1) is 0 Å². The number of alkyl halides is 5. The summed E-state index contributed by atoms with van der Waals surface area (Å²) in [7, 11) is -3.73. The van der Waals surface area contributed by atoms with Crippen LogP contribution in [0.2, 0.25) is 0 Å². The highest BCUT2D eigenvalue weighted by Gasteiger charge is 2.70. The van der Waals surface area contributed by atoms with E-state index in [4.69, 9.17) is 9.26 Å². The maximum atomic E-state index is 13.8. The first-order chi connectivity index (χ1) is 17.0. The third-order valence-electron chi connectivity index (χ3n) is 7.63. The highest BCUT2D eigenvalue weighted by atomic mass is 32.2. The minimum absolute atomic E-state index is 0.0521. The Kier molecular flexibility index (Phi) is 5.50. The van der Waals surface area contributed by atoms with Gasteiger partial charge in [0, 0.05) is 26.3 Å². The summed E-state index contributed by atoms with van der Waals surface area (Å²) in [5.41, 5.74) is -3.11. The first-order valence-electron chi connectivity index (χ1n) is 11.6. The molecule has 0 N–H and O–H groups in total. The second kappa shape index (κ2) is 7.87. The van der Waals surface area contributed by atoms with Crippen LogP contribution in [0.15, 0.2) is 27.6 Å². The predicted molar refractivity (Wildman–Crippen MR) is 117 cm³/mol. The number of sulfone groups is 1. The molecule has 2 unspecified atom stereocenters. The van der Waals surface area contributed by atoms with Crippen LogP contribution in [0, 0.1) is 5.92 Å². The SMILES string of the molecule is C[C@@H](Oc1ccc(S(C)(=O)=O)cc1C(=O)N1CC2CC2(c2noc(C3(C(F)(F)F)CC3)n2)C1)C(C)(F)F. The lowest BCUT2D eigenvalue weighted by Crippen LogP contribution is -2.35. The molecule has 2 aliphatic carbocycles. The maximum absolute atomic E-state index is 13.8. The van der Waals surface area contributed by atoms with Crippen molar-refractivity contribution in [3.63, 3.8) is 0 Å². The van der Waals surface area contributed by atoms with Gasteiger partial charge in [-0.2, -0.15) is 18.2 Å². The van der Waals surface area contributed by atoms with Gasteiger partial charge in [-0.1, -0.05) is 5.16 Å². The number of fused-ring (bicyclic) bond motifs is 1. The van der Waals surface area contributed by atoms with Crippen molar-refractivity contribution in [2.45, 2.75) is 67.0 Å². The highest BCUT2D eigenvalue weighted by Crippen LogP contribution is 2.61. The third-order valence-corrected chi connectivity index (χ3v) is 8.74. The van der Waals surface area contributed by atoms with Crippen LogP contribution in [0.4, 0.5) is 22.0 Å². The molecule has 3 aliphatic rings. The molecule has 0 radical (unpaired) electrons. The quantitative estimate of drug-likeness (QED) is 0.483. The van der Waals surface area contributed by atoms with Crippen molar-refractivity contribution in [1.82, 2.24) is 15.0 Å². The fourth-order valence-electron chi connectivity index (χ4n) is 4.82. The minimum atomic E-state index is -4.51. The molecule has 2 aromatic rings. The van der Waals surface area contributed by atoms with Crippen LogP contribution < -0.4 is 4.74 Å². The molecule has 2 heterocycles. The summed E-state index contributed by atoms with van der Waals surface area (Å²) in [5.74, 6) is -4.62. The number of piperidine rings is 1.